The average molecular weight is 300 g/mol. The molecule has 1 aromatic carbocycles. The lowest BCUT2D eigenvalue weighted by molar-refractivity contribution is -0.130. The van der Waals surface area contributed by atoms with Crippen LogP contribution in [0.2, 0.25) is 0 Å². The lowest BCUT2D eigenvalue weighted by Crippen LogP contribution is -2.32. The standard InChI is InChI=1S/C15H16N4OS/c1-2-19(9-12-6-4-3-5-11(12)8-16)14(20)7-13-10-21-15(17)18-13/h3-6,10H,2,7,9H2,1H3,(H2,17,18). The molecule has 0 aliphatic carbocycles. The van der Waals surface area contributed by atoms with E-state index < -0.39 is 0 Å². The van der Waals surface area contributed by atoms with Crippen LogP contribution in [0.4, 0.5) is 5.13 Å². The number of nitrogen functional groups attached to an aromatic ring is 1. The number of nitrogens with zero attached hydrogens (tertiary/aromatic N) is 3. The van der Waals surface area contributed by atoms with E-state index in [1.807, 2.05) is 25.1 Å². The van der Waals surface area contributed by atoms with E-state index in [0.29, 0.717) is 29.5 Å². The minimum absolute atomic E-state index is 0.0180. The predicted octanol–water partition coefficient (Wildman–Crippen LogP) is 2.19. The number of nitriles is 1. The summed E-state index contributed by atoms with van der Waals surface area (Å²) in [4.78, 5) is 18.1. The third kappa shape index (κ3) is 3.80. The summed E-state index contributed by atoms with van der Waals surface area (Å²) >= 11 is 1.33. The van der Waals surface area contributed by atoms with Crippen molar-refractivity contribution in [2.45, 2.75) is 19.9 Å². The largest absolute Gasteiger partial charge is 0.375 e. The van der Waals surface area contributed by atoms with Crippen molar-refractivity contribution < 1.29 is 4.79 Å². The number of aromatic nitrogens is 1. The summed E-state index contributed by atoms with van der Waals surface area (Å²) in [6.45, 7) is 2.93. The molecule has 0 fully saturated rings. The number of anilines is 1. The Morgan fingerprint density at radius 2 is 2.24 bits per heavy atom. The van der Waals surface area contributed by atoms with Gasteiger partial charge in [0.15, 0.2) is 5.13 Å². The van der Waals surface area contributed by atoms with Crippen LogP contribution in [0.15, 0.2) is 29.6 Å². The minimum atomic E-state index is -0.0180. The number of likely N-dealkylation sites (N-methyl/N-ethyl adjacent to an activating group) is 1. The highest BCUT2D eigenvalue weighted by Crippen LogP contribution is 2.14. The fourth-order valence-electron chi connectivity index (χ4n) is 2.02. The maximum Gasteiger partial charge on any atom is 0.228 e. The summed E-state index contributed by atoms with van der Waals surface area (Å²) in [5.74, 6) is -0.0180. The van der Waals surface area contributed by atoms with Crippen molar-refractivity contribution >= 4 is 22.4 Å². The van der Waals surface area contributed by atoms with E-state index in [0.717, 1.165) is 5.56 Å². The smallest absolute Gasteiger partial charge is 0.228 e. The number of rotatable bonds is 5. The van der Waals surface area contributed by atoms with E-state index in [2.05, 4.69) is 11.1 Å². The second-order valence-electron chi connectivity index (χ2n) is 4.53. The first-order chi connectivity index (χ1) is 10.1. The number of carbonyl (C=O) groups excluding carboxylic acids is 1. The number of hydrogen-bond donors (Lipinski definition) is 1. The second-order valence-corrected chi connectivity index (χ2v) is 5.42. The molecule has 6 heteroatoms. The van der Waals surface area contributed by atoms with Gasteiger partial charge in [0.2, 0.25) is 5.91 Å². The van der Waals surface area contributed by atoms with Crippen molar-refractivity contribution in [2.75, 3.05) is 12.3 Å². The van der Waals surface area contributed by atoms with E-state index >= 15 is 0 Å². The number of amides is 1. The van der Waals surface area contributed by atoms with Crippen molar-refractivity contribution in [1.82, 2.24) is 9.88 Å². The molecule has 2 rings (SSSR count). The van der Waals surface area contributed by atoms with Gasteiger partial charge in [-0.05, 0) is 18.6 Å². The molecule has 0 spiro atoms. The van der Waals surface area contributed by atoms with Crippen LogP contribution < -0.4 is 5.73 Å². The molecule has 0 atom stereocenters. The van der Waals surface area contributed by atoms with Crippen LogP contribution in [0.3, 0.4) is 0 Å². The topological polar surface area (TPSA) is 83.0 Å². The van der Waals surface area contributed by atoms with Gasteiger partial charge in [-0.2, -0.15) is 5.26 Å². The number of benzene rings is 1. The van der Waals surface area contributed by atoms with Crippen molar-refractivity contribution in [3.05, 3.63) is 46.5 Å². The SMILES string of the molecule is CCN(Cc1ccccc1C#N)C(=O)Cc1csc(N)n1. The Hall–Kier alpha value is -2.39. The zero-order chi connectivity index (χ0) is 15.2. The Morgan fingerprint density at radius 1 is 1.48 bits per heavy atom. The van der Waals surface area contributed by atoms with Crippen molar-refractivity contribution in [3.63, 3.8) is 0 Å². The van der Waals surface area contributed by atoms with Gasteiger partial charge >= 0.3 is 0 Å². The Kier molecular flexibility index (Phi) is 4.90. The van der Waals surface area contributed by atoms with Gasteiger partial charge in [-0.3, -0.25) is 4.79 Å². The quantitative estimate of drug-likeness (QED) is 0.917. The molecule has 0 aliphatic rings. The highest BCUT2D eigenvalue weighted by Gasteiger charge is 2.15. The van der Waals surface area contributed by atoms with E-state index in [9.17, 15) is 4.79 Å². The maximum atomic E-state index is 12.3. The molecule has 0 radical (unpaired) electrons. The summed E-state index contributed by atoms with van der Waals surface area (Å²) in [7, 11) is 0. The molecule has 0 aliphatic heterocycles. The van der Waals surface area contributed by atoms with Gasteiger partial charge in [0, 0.05) is 18.5 Å². The van der Waals surface area contributed by atoms with Crippen LogP contribution in [0.25, 0.3) is 0 Å². The number of thiazole rings is 1. The summed E-state index contributed by atoms with van der Waals surface area (Å²) in [6, 6.07) is 9.47. The predicted molar refractivity (Wildman–Crippen MR) is 82.5 cm³/mol. The summed E-state index contributed by atoms with van der Waals surface area (Å²) in [5.41, 5.74) is 7.71. The second kappa shape index (κ2) is 6.86. The zero-order valence-electron chi connectivity index (χ0n) is 11.7. The van der Waals surface area contributed by atoms with E-state index in [-0.39, 0.29) is 12.3 Å². The third-order valence-corrected chi connectivity index (χ3v) is 3.86. The normalized spacial score (nSPS) is 10.1. The highest BCUT2D eigenvalue weighted by atomic mass is 32.1. The first kappa shape index (κ1) is 15.0. The van der Waals surface area contributed by atoms with E-state index in [1.165, 1.54) is 11.3 Å². The van der Waals surface area contributed by atoms with Gasteiger partial charge in [-0.15, -0.1) is 11.3 Å². The van der Waals surface area contributed by atoms with Crippen LogP contribution in [0.5, 0.6) is 0 Å². The van der Waals surface area contributed by atoms with Crippen LogP contribution >= 0.6 is 11.3 Å². The molecular formula is C15H16N4OS. The minimum Gasteiger partial charge on any atom is -0.375 e. The summed E-state index contributed by atoms with van der Waals surface area (Å²) in [6.07, 6.45) is 0.232. The molecule has 0 bridgehead atoms. The van der Waals surface area contributed by atoms with Crippen LogP contribution in [-0.2, 0) is 17.8 Å². The van der Waals surface area contributed by atoms with Crippen molar-refractivity contribution in [2.24, 2.45) is 0 Å². The maximum absolute atomic E-state index is 12.3. The molecule has 21 heavy (non-hydrogen) atoms. The van der Waals surface area contributed by atoms with Crippen LogP contribution in [0.1, 0.15) is 23.7 Å². The summed E-state index contributed by atoms with van der Waals surface area (Å²) < 4.78 is 0. The van der Waals surface area contributed by atoms with Gasteiger partial charge in [0.1, 0.15) is 0 Å². The van der Waals surface area contributed by atoms with Gasteiger partial charge in [-0.1, -0.05) is 18.2 Å². The third-order valence-electron chi connectivity index (χ3n) is 3.14. The molecule has 0 saturated heterocycles. The number of carbonyl (C=O) groups is 1. The molecule has 108 valence electrons. The Balaban J connectivity index is 2.09. The van der Waals surface area contributed by atoms with Crippen LogP contribution in [0, 0.1) is 11.3 Å². The number of nitrogens with two attached hydrogens (primary N) is 1. The molecule has 1 amide bonds. The van der Waals surface area contributed by atoms with E-state index in [4.69, 9.17) is 11.0 Å². The molecule has 5 nitrogen and oxygen atoms in total. The van der Waals surface area contributed by atoms with E-state index in [1.54, 1.807) is 16.3 Å². The summed E-state index contributed by atoms with van der Waals surface area (Å²) in [5, 5.41) is 11.4. The average Bonchev–Trinajstić information content (AvgIpc) is 2.90. The molecule has 2 aromatic rings. The molecule has 1 aromatic heterocycles. The van der Waals surface area contributed by atoms with Gasteiger partial charge in [0.25, 0.3) is 0 Å². The lowest BCUT2D eigenvalue weighted by Gasteiger charge is -2.21. The fourth-order valence-corrected chi connectivity index (χ4v) is 2.58. The van der Waals surface area contributed by atoms with Crippen molar-refractivity contribution in [1.29, 1.82) is 5.26 Å². The number of hydrogen-bond acceptors (Lipinski definition) is 5. The molecule has 0 saturated carbocycles. The first-order valence-electron chi connectivity index (χ1n) is 6.59. The fraction of sp³-hybridized carbons (Fsp3) is 0.267. The van der Waals surface area contributed by atoms with Gasteiger partial charge in [0.05, 0.1) is 23.7 Å². The molecule has 1 heterocycles. The Bertz CT molecular complexity index is 674. The Labute approximate surface area is 127 Å². The van der Waals surface area contributed by atoms with Crippen molar-refractivity contribution in [3.8, 4) is 6.07 Å². The van der Waals surface area contributed by atoms with Gasteiger partial charge in [-0.25, -0.2) is 4.98 Å². The molecular weight excluding hydrogens is 284 g/mol. The zero-order valence-corrected chi connectivity index (χ0v) is 12.6. The Morgan fingerprint density at radius 3 is 2.86 bits per heavy atom. The molecule has 2 N–H and O–H groups in total. The highest BCUT2D eigenvalue weighted by molar-refractivity contribution is 7.13. The first-order valence-corrected chi connectivity index (χ1v) is 7.47. The lowest BCUT2D eigenvalue weighted by atomic mass is 10.1. The monoisotopic (exact) mass is 300 g/mol. The molecule has 0 unspecified atom stereocenters. The van der Waals surface area contributed by atoms with Crippen LogP contribution in [-0.4, -0.2) is 22.3 Å². The van der Waals surface area contributed by atoms with Gasteiger partial charge < -0.3 is 10.6 Å².